The van der Waals surface area contributed by atoms with Crippen molar-refractivity contribution in [3.05, 3.63) is 108 Å². The summed E-state index contributed by atoms with van der Waals surface area (Å²) in [4.78, 5) is 30.9. The van der Waals surface area contributed by atoms with Crippen LogP contribution in [0.15, 0.2) is 91.0 Å². The SMILES string of the molecule is Cl.O=C(CC(C(=O)c1ccccc1)N1CCN(Cc2ccccc2)CC1)c1ccccc1. The number of benzene rings is 3. The van der Waals surface area contributed by atoms with Gasteiger partial charge in [0.05, 0.1) is 6.04 Å². The average Bonchev–Trinajstić information content (AvgIpc) is 2.84. The lowest BCUT2D eigenvalue weighted by atomic mass is 9.95. The van der Waals surface area contributed by atoms with Gasteiger partial charge in [-0.25, -0.2) is 0 Å². The van der Waals surface area contributed by atoms with Gasteiger partial charge >= 0.3 is 0 Å². The van der Waals surface area contributed by atoms with Crippen LogP contribution >= 0.6 is 12.4 Å². The molecule has 0 bridgehead atoms. The highest BCUT2D eigenvalue weighted by atomic mass is 35.5. The van der Waals surface area contributed by atoms with Crippen LogP contribution in [-0.4, -0.2) is 53.6 Å². The van der Waals surface area contributed by atoms with Crippen molar-refractivity contribution in [2.45, 2.75) is 19.0 Å². The first-order valence-electron chi connectivity index (χ1n) is 10.9. The van der Waals surface area contributed by atoms with E-state index in [0.29, 0.717) is 11.1 Å². The molecule has 0 aliphatic carbocycles. The van der Waals surface area contributed by atoms with Crippen LogP contribution in [0.3, 0.4) is 0 Å². The molecule has 166 valence electrons. The highest BCUT2D eigenvalue weighted by Gasteiger charge is 2.31. The lowest BCUT2D eigenvalue weighted by Crippen LogP contribution is -2.53. The van der Waals surface area contributed by atoms with E-state index < -0.39 is 6.04 Å². The van der Waals surface area contributed by atoms with E-state index >= 15 is 0 Å². The first-order chi connectivity index (χ1) is 15.2. The Morgan fingerprint density at radius 1 is 0.688 bits per heavy atom. The summed E-state index contributed by atoms with van der Waals surface area (Å²) in [6.45, 7) is 4.23. The molecule has 3 aromatic rings. The molecular formula is C27H29ClN2O2. The number of rotatable bonds is 8. The molecule has 1 aliphatic rings. The molecule has 1 atom stereocenters. The van der Waals surface area contributed by atoms with Gasteiger partial charge in [0.15, 0.2) is 11.6 Å². The van der Waals surface area contributed by atoms with E-state index in [2.05, 4.69) is 34.1 Å². The quantitative estimate of drug-likeness (QED) is 0.466. The van der Waals surface area contributed by atoms with Crippen molar-refractivity contribution in [1.29, 1.82) is 0 Å². The van der Waals surface area contributed by atoms with E-state index in [1.807, 2.05) is 66.7 Å². The lowest BCUT2D eigenvalue weighted by molar-refractivity contribution is 0.0599. The average molecular weight is 449 g/mol. The highest BCUT2D eigenvalue weighted by molar-refractivity contribution is 6.05. The summed E-state index contributed by atoms with van der Waals surface area (Å²) in [7, 11) is 0. The molecule has 0 N–H and O–H groups in total. The van der Waals surface area contributed by atoms with Gasteiger partial charge in [0, 0.05) is 50.3 Å². The number of piperazine rings is 1. The fourth-order valence-corrected chi connectivity index (χ4v) is 4.17. The second-order valence-corrected chi connectivity index (χ2v) is 8.04. The predicted octanol–water partition coefficient (Wildman–Crippen LogP) is 4.75. The van der Waals surface area contributed by atoms with E-state index in [-0.39, 0.29) is 30.4 Å². The molecule has 32 heavy (non-hydrogen) atoms. The number of nitrogens with zero attached hydrogens (tertiary/aromatic N) is 2. The maximum absolute atomic E-state index is 13.4. The predicted molar refractivity (Wildman–Crippen MR) is 130 cm³/mol. The topological polar surface area (TPSA) is 40.6 Å². The van der Waals surface area contributed by atoms with Gasteiger partial charge in [-0.2, -0.15) is 0 Å². The number of hydrogen-bond donors (Lipinski definition) is 0. The van der Waals surface area contributed by atoms with Crippen LogP contribution in [-0.2, 0) is 6.54 Å². The van der Waals surface area contributed by atoms with E-state index in [1.54, 1.807) is 0 Å². The van der Waals surface area contributed by atoms with Crippen molar-refractivity contribution >= 4 is 24.0 Å². The molecule has 1 heterocycles. The Balaban J connectivity index is 0.00000289. The summed E-state index contributed by atoms with van der Waals surface area (Å²) >= 11 is 0. The van der Waals surface area contributed by atoms with Gasteiger partial charge in [0.2, 0.25) is 0 Å². The van der Waals surface area contributed by atoms with Crippen molar-refractivity contribution in [2.75, 3.05) is 26.2 Å². The monoisotopic (exact) mass is 448 g/mol. The first-order valence-corrected chi connectivity index (χ1v) is 10.9. The van der Waals surface area contributed by atoms with Crippen molar-refractivity contribution in [3.8, 4) is 0 Å². The molecule has 4 nitrogen and oxygen atoms in total. The van der Waals surface area contributed by atoms with Crippen LogP contribution in [0.25, 0.3) is 0 Å². The zero-order valence-corrected chi connectivity index (χ0v) is 18.9. The Labute approximate surface area is 196 Å². The number of carbonyl (C=O) groups excluding carboxylic acids is 2. The van der Waals surface area contributed by atoms with Crippen molar-refractivity contribution in [2.24, 2.45) is 0 Å². The molecule has 0 amide bonds. The lowest BCUT2D eigenvalue weighted by Gasteiger charge is -2.38. The zero-order valence-electron chi connectivity index (χ0n) is 18.1. The van der Waals surface area contributed by atoms with Crippen LogP contribution < -0.4 is 0 Å². The Bertz CT molecular complexity index is 988. The Hall–Kier alpha value is -2.79. The number of halogens is 1. The van der Waals surface area contributed by atoms with Gasteiger partial charge in [-0.05, 0) is 5.56 Å². The minimum absolute atomic E-state index is 0. The molecule has 1 fully saturated rings. The van der Waals surface area contributed by atoms with E-state index in [9.17, 15) is 9.59 Å². The molecule has 3 aromatic carbocycles. The second kappa shape index (κ2) is 11.7. The molecule has 5 heteroatoms. The van der Waals surface area contributed by atoms with Crippen LogP contribution in [0.4, 0.5) is 0 Å². The first kappa shape index (κ1) is 23.9. The molecule has 1 unspecified atom stereocenters. The third kappa shape index (κ3) is 6.13. The number of ketones is 2. The molecule has 4 rings (SSSR count). The maximum atomic E-state index is 13.4. The Kier molecular flexibility index (Phi) is 8.74. The van der Waals surface area contributed by atoms with Crippen LogP contribution in [0.2, 0.25) is 0 Å². The number of carbonyl (C=O) groups is 2. The highest BCUT2D eigenvalue weighted by Crippen LogP contribution is 2.19. The number of hydrogen-bond acceptors (Lipinski definition) is 4. The minimum Gasteiger partial charge on any atom is -0.297 e. The van der Waals surface area contributed by atoms with E-state index in [0.717, 1.165) is 32.7 Å². The van der Waals surface area contributed by atoms with Gasteiger partial charge in [0.25, 0.3) is 0 Å². The summed E-state index contributed by atoms with van der Waals surface area (Å²) in [5.74, 6) is 0.0444. The van der Waals surface area contributed by atoms with E-state index in [1.165, 1.54) is 5.56 Å². The van der Waals surface area contributed by atoms with Crippen LogP contribution in [0.1, 0.15) is 32.7 Å². The summed E-state index contributed by atoms with van der Waals surface area (Å²) in [5.41, 5.74) is 2.63. The third-order valence-corrected chi connectivity index (χ3v) is 5.93. The van der Waals surface area contributed by atoms with Gasteiger partial charge in [0.1, 0.15) is 0 Å². The van der Waals surface area contributed by atoms with Gasteiger partial charge in [-0.1, -0.05) is 91.0 Å². The van der Waals surface area contributed by atoms with Crippen molar-refractivity contribution in [3.63, 3.8) is 0 Å². The molecule has 0 aromatic heterocycles. The fourth-order valence-electron chi connectivity index (χ4n) is 4.17. The molecule has 0 spiro atoms. The molecule has 0 saturated carbocycles. The van der Waals surface area contributed by atoms with Crippen LogP contribution in [0.5, 0.6) is 0 Å². The fraction of sp³-hybridized carbons (Fsp3) is 0.259. The summed E-state index contributed by atoms with van der Waals surface area (Å²) < 4.78 is 0. The van der Waals surface area contributed by atoms with Crippen molar-refractivity contribution in [1.82, 2.24) is 9.80 Å². The Morgan fingerprint density at radius 3 is 1.75 bits per heavy atom. The summed E-state index contributed by atoms with van der Waals surface area (Å²) in [6, 6.07) is 28.6. The molecule has 1 aliphatic heterocycles. The molecule has 1 saturated heterocycles. The van der Waals surface area contributed by atoms with Gasteiger partial charge < -0.3 is 0 Å². The van der Waals surface area contributed by atoms with Gasteiger partial charge in [-0.3, -0.25) is 19.4 Å². The molecule has 0 radical (unpaired) electrons. The summed E-state index contributed by atoms with van der Waals surface area (Å²) in [5, 5.41) is 0. The minimum atomic E-state index is -0.436. The zero-order chi connectivity index (χ0) is 21.5. The molecular weight excluding hydrogens is 420 g/mol. The third-order valence-electron chi connectivity index (χ3n) is 5.93. The summed E-state index contributed by atoms with van der Waals surface area (Å²) in [6.07, 6.45) is 0.205. The second-order valence-electron chi connectivity index (χ2n) is 8.04. The van der Waals surface area contributed by atoms with E-state index in [4.69, 9.17) is 0 Å². The Morgan fingerprint density at radius 2 is 1.19 bits per heavy atom. The van der Waals surface area contributed by atoms with Crippen molar-refractivity contribution < 1.29 is 9.59 Å². The smallest absolute Gasteiger partial charge is 0.180 e. The maximum Gasteiger partial charge on any atom is 0.180 e. The standard InChI is InChI=1S/C27H28N2O2.ClH/c30-26(23-12-6-2-7-13-23)20-25(27(31)24-14-8-3-9-15-24)29-18-16-28(17-19-29)21-22-10-4-1-5-11-22;/h1-15,25H,16-21H2;1H. The largest absolute Gasteiger partial charge is 0.297 e. The van der Waals surface area contributed by atoms with Gasteiger partial charge in [-0.15, -0.1) is 12.4 Å². The normalized spacial score (nSPS) is 15.5. The number of Topliss-reactive ketones (excluding diaryl/α,β-unsaturated/α-hetero) is 2. The van der Waals surface area contributed by atoms with Crippen LogP contribution in [0, 0.1) is 0 Å².